The van der Waals surface area contributed by atoms with E-state index in [9.17, 15) is 14.7 Å². The van der Waals surface area contributed by atoms with Crippen LogP contribution in [0.15, 0.2) is 48.6 Å². The van der Waals surface area contributed by atoms with Gasteiger partial charge in [0.1, 0.15) is 0 Å². The minimum absolute atomic E-state index is 0.148. The van der Waals surface area contributed by atoms with E-state index in [0.29, 0.717) is 30.4 Å². The summed E-state index contributed by atoms with van der Waals surface area (Å²) in [7, 11) is 0. The maximum atomic E-state index is 12.4. The second-order valence-electron chi connectivity index (χ2n) is 15.6. The number of carbonyl (C=O) groups is 2. The van der Waals surface area contributed by atoms with Gasteiger partial charge in [0.2, 0.25) is 0 Å². The first-order valence-electron chi connectivity index (χ1n) is 18.4. The summed E-state index contributed by atoms with van der Waals surface area (Å²) >= 11 is 0. The number of esters is 2. The van der Waals surface area contributed by atoms with Gasteiger partial charge in [-0.05, 0) is 161 Å². The van der Waals surface area contributed by atoms with E-state index in [-0.39, 0.29) is 25.1 Å². The van der Waals surface area contributed by atoms with Gasteiger partial charge in [-0.25, -0.2) is 4.79 Å². The van der Waals surface area contributed by atoms with Crippen LogP contribution in [0.5, 0.6) is 0 Å². The zero-order valence-electron chi connectivity index (χ0n) is 29.5. The van der Waals surface area contributed by atoms with Gasteiger partial charge in [-0.15, -0.1) is 0 Å². The molecule has 2 saturated carbocycles. The smallest absolute Gasteiger partial charge is 0.333 e. The molecular weight excluding hydrogens is 584 g/mol. The molecule has 2 fully saturated rings. The fourth-order valence-corrected chi connectivity index (χ4v) is 8.50. The van der Waals surface area contributed by atoms with Gasteiger partial charge in [0.05, 0.1) is 25.2 Å². The first-order valence-corrected chi connectivity index (χ1v) is 18.4. The second kappa shape index (κ2) is 16.0. The Hall–Kier alpha value is -2.92. The topological polar surface area (TPSA) is 72.8 Å². The van der Waals surface area contributed by atoms with Gasteiger partial charge in [0.15, 0.2) is 0 Å². The van der Waals surface area contributed by atoms with Gasteiger partial charge >= 0.3 is 11.9 Å². The minimum Gasteiger partial charge on any atom is -0.465 e. The van der Waals surface area contributed by atoms with Crippen molar-refractivity contribution in [3.05, 3.63) is 70.8 Å². The van der Waals surface area contributed by atoms with Gasteiger partial charge in [-0.3, -0.25) is 4.79 Å². The Morgan fingerprint density at radius 1 is 0.894 bits per heavy atom. The average Bonchev–Trinajstić information content (AvgIpc) is 3.09. The third kappa shape index (κ3) is 8.76. The summed E-state index contributed by atoms with van der Waals surface area (Å²) in [6.45, 7) is 11.4. The first kappa shape index (κ1) is 35.4. The Bertz CT molecular complexity index is 1390. The summed E-state index contributed by atoms with van der Waals surface area (Å²) in [5.41, 5.74) is 8.47. The largest absolute Gasteiger partial charge is 0.465 e. The number of ether oxygens (including phenoxy) is 2. The zero-order chi connectivity index (χ0) is 33.6. The van der Waals surface area contributed by atoms with E-state index in [2.05, 4.69) is 49.9 Å². The molecule has 0 heterocycles. The maximum Gasteiger partial charge on any atom is 0.333 e. The maximum absolute atomic E-state index is 12.4. The number of aryl methyl sites for hydroxylation is 3. The molecule has 2 aromatic carbocycles. The van der Waals surface area contributed by atoms with Crippen LogP contribution in [0.1, 0.15) is 120 Å². The van der Waals surface area contributed by atoms with Crippen molar-refractivity contribution in [3.8, 4) is 11.1 Å². The first-order chi connectivity index (χ1) is 22.6. The van der Waals surface area contributed by atoms with Gasteiger partial charge < -0.3 is 14.6 Å². The molecule has 5 heteroatoms. The van der Waals surface area contributed by atoms with Crippen molar-refractivity contribution in [2.45, 2.75) is 117 Å². The van der Waals surface area contributed by atoms with Gasteiger partial charge in [-0.1, -0.05) is 56.3 Å². The number of aliphatic hydroxyl groups is 1. The third-order valence-corrected chi connectivity index (χ3v) is 11.6. The van der Waals surface area contributed by atoms with Crippen molar-refractivity contribution >= 4 is 11.9 Å². The summed E-state index contributed by atoms with van der Waals surface area (Å²) in [6.07, 6.45) is 15.2. The molecule has 0 amide bonds. The molecule has 0 spiro atoms. The van der Waals surface area contributed by atoms with Crippen LogP contribution in [0.4, 0.5) is 0 Å². The standard InChI is InChI=1S/C42H58O5/c1-6-7-29-8-20-38-35(24-29)17-18-36-25-34(19-21-39(36)38)32-13-9-30(10-14-32)31-11-15-33(16-12-31)37(26-47-40(44)28(2)3)22-23-46-41(45)42(4,5)27-43/h8,19-21,24-25,30-33,37,43H,2,6-7,9-18,22-23,26-27H2,1,3-5H3. The average molecular weight is 643 g/mol. The van der Waals surface area contributed by atoms with E-state index >= 15 is 0 Å². The van der Waals surface area contributed by atoms with Crippen LogP contribution in [-0.2, 0) is 38.3 Å². The Labute approximate surface area is 283 Å². The van der Waals surface area contributed by atoms with Crippen LogP contribution >= 0.6 is 0 Å². The third-order valence-electron chi connectivity index (χ3n) is 11.6. The molecule has 0 aliphatic heterocycles. The molecule has 3 aliphatic rings. The van der Waals surface area contributed by atoms with E-state index in [1.54, 1.807) is 26.3 Å². The summed E-state index contributed by atoms with van der Waals surface area (Å²) in [5, 5.41) is 9.50. The van der Waals surface area contributed by atoms with E-state index in [0.717, 1.165) is 37.5 Å². The van der Waals surface area contributed by atoms with Crippen molar-refractivity contribution in [2.75, 3.05) is 19.8 Å². The number of aliphatic hydroxyl groups excluding tert-OH is 1. The monoisotopic (exact) mass is 642 g/mol. The predicted molar refractivity (Wildman–Crippen MR) is 189 cm³/mol. The van der Waals surface area contributed by atoms with Crippen LogP contribution in [0.3, 0.4) is 0 Å². The fraction of sp³-hybridized carbons (Fsp3) is 0.619. The van der Waals surface area contributed by atoms with Crippen molar-refractivity contribution in [1.29, 1.82) is 0 Å². The molecule has 256 valence electrons. The number of carbonyl (C=O) groups excluding carboxylic acids is 2. The number of fused-ring (bicyclic) bond motifs is 3. The SMILES string of the molecule is C=C(C)C(=O)OCC(CCOC(=O)C(C)(C)CO)C1CCC(C2CCC(c3ccc4c(c3)CCc3cc(CCC)ccc3-4)CC2)CC1. The van der Waals surface area contributed by atoms with Crippen molar-refractivity contribution < 1.29 is 24.2 Å². The van der Waals surface area contributed by atoms with Crippen molar-refractivity contribution in [1.82, 2.24) is 0 Å². The van der Waals surface area contributed by atoms with Crippen LogP contribution in [-0.4, -0.2) is 36.9 Å². The van der Waals surface area contributed by atoms with Crippen LogP contribution in [0.25, 0.3) is 11.1 Å². The van der Waals surface area contributed by atoms with Crippen LogP contribution < -0.4 is 0 Å². The lowest BCUT2D eigenvalue weighted by atomic mass is 9.66. The number of hydrogen-bond acceptors (Lipinski definition) is 5. The molecule has 2 aromatic rings. The number of benzene rings is 2. The molecule has 0 radical (unpaired) electrons. The molecule has 1 unspecified atom stereocenters. The summed E-state index contributed by atoms with van der Waals surface area (Å²) in [4.78, 5) is 24.6. The molecule has 0 bridgehead atoms. The number of hydrogen-bond donors (Lipinski definition) is 1. The van der Waals surface area contributed by atoms with E-state index in [1.807, 2.05) is 0 Å². The highest BCUT2D eigenvalue weighted by molar-refractivity contribution is 5.86. The van der Waals surface area contributed by atoms with E-state index in [1.165, 1.54) is 79.2 Å². The Morgan fingerprint density at radius 2 is 1.51 bits per heavy atom. The molecule has 0 aromatic heterocycles. The van der Waals surface area contributed by atoms with Crippen molar-refractivity contribution in [2.24, 2.45) is 29.1 Å². The molecule has 1 N–H and O–H groups in total. The highest BCUT2D eigenvalue weighted by Gasteiger charge is 2.35. The van der Waals surface area contributed by atoms with E-state index < -0.39 is 11.4 Å². The molecule has 5 nitrogen and oxygen atoms in total. The lowest BCUT2D eigenvalue weighted by Crippen LogP contribution is -2.33. The van der Waals surface area contributed by atoms with Crippen molar-refractivity contribution in [3.63, 3.8) is 0 Å². The van der Waals surface area contributed by atoms with Crippen LogP contribution in [0, 0.1) is 29.1 Å². The Balaban J connectivity index is 1.12. The lowest BCUT2D eigenvalue weighted by molar-refractivity contribution is -0.157. The highest BCUT2D eigenvalue weighted by atomic mass is 16.5. The van der Waals surface area contributed by atoms with Gasteiger partial charge in [0.25, 0.3) is 0 Å². The zero-order valence-corrected chi connectivity index (χ0v) is 29.5. The molecule has 0 saturated heterocycles. The molecule has 5 rings (SSSR count). The number of rotatable bonds is 13. The van der Waals surface area contributed by atoms with Crippen LogP contribution in [0.2, 0.25) is 0 Å². The summed E-state index contributed by atoms with van der Waals surface area (Å²) in [6, 6.07) is 14.5. The molecule has 47 heavy (non-hydrogen) atoms. The highest BCUT2D eigenvalue weighted by Crippen LogP contribution is 2.46. The van der Waals surface area contributed by atoms with E-state index in [4.69, 9.17) is 9.47 Å². The van der Waals surface area contributed by atoms with Gasteiger partial charge in [-0.2, -0.15) is 0 Å². The lowest BCUT2D eigenvalue weighted by Gasteiger charge is -2.40. The predicted octanol–water partition coefficient (Wildman–Crippen LogP) is 9.17. The Morgan fingerprint density at radius 3 is 2.13 bits per heavy atom. The second-order valence-corrected chi connectivity index (χ2v) is 15.6. The molecule has 3 aliphatic carbocycles. The Kier molecular flexibility index (Phi) is 12.0. The summed E-state index contributed by atoms with van der Waals surface area (Å²) in [5.74, 6) is 2.09. The van der Waals surface area contributed by atoms with Gasteiger partial charge in [0, 0.05) is 5.57 Å². The fourth-order valence-electron chi connectivity index (χ4n) is 8.50. The molecular formula is C42H58O5. The normalized spacial score (nSPS) is 23.3. The summed E-state index contributed by atoms with van der Waals surface area (Å²) < 4.78 is 11.1. The minimum atomic E-state index is -0.913. The molecule has 1 atom stereocenters. The quantitative estimate of drug-likeness (QED) is 0.174.